The highest BCUT2D eigenvalue weighted by atomic mass is 16.7. The Balaban J connectivity index is 1.95. The summed E-state index contributed by atoms with van der Waals surface area (Å²) in [5.41, 5.74) is -2.18. The Morgan fingerprint density at radius 3 is 2.09 bits per heavy atom. The van der Waals surface area contributed by atoms with Crippen LogP contribution in [0.5, 0.6) is 0 Å². The zero-order valence-corrected chi connectivity index (χ0v) is 36.1. The molecule has 2 fully saturated rings. The molecule has 18 atom stereocenters. The topological polar surface area (TPSA) is 180 Å². The van der Waals surface area contributed by atoms with Gasteiger partial charge in [0.05, 0.1) is 36.6 Å². The van der Waals surface area contributed by atoms with Crippen LogP contribution in [-0.4, -0.2) is 97.2 Å². The van der Waals surface area contributed by atoms with E-state index < -0.39 is 89.0 Å². The Kier molecular flexibility index (Phi) is 18.0. The van der Waals surface area contributed by atoms with Crippen LogP contribution >= 0.6 is 0 Å². The molecule has 0 aromatic rings. The summed E-state index contributed by atoms with van der Waals surface area (Å²) in [5, 5.41) is 55.1. The van der Waals surface area contributed by atoms with E-state index in [0.717, 1.165) is 19.3 Å². The first kappa shape index (κ1) is 48.4. The number of rotatable bonds is 3. The van der Waals surface area contributed by atoms with Crippen molar-refractivity contribution in [3.8, 4) is 0 Å². The Hall–Kier alpha value is -1.99. The minimum atomic E-state index is -2.18. The van der Waals surface area contributed by atoms with Crippen LogP contribution in [-0.2, 0) is 28.6 Å². The average molecular weight is 793 g/mol. The van der Waals surface area contributed by atoms with E-state index in [-0.39, 0.29) is 48.7 Å². The van der Waals surface area contributed by atoms with E-state index >= 15 is 0 Å². The number of carbonyl (C=O) groups is 3. The van der Waals surface area contributed by atoms with Crippen molar-refractivity contribution in [3.63, 3.8) is 0 Å². The number of fused-ring (bicyclic) bond motifs is 2. The third-order valence-electron chi connectivity index (χ3n) is 13.7. The number of hydrogen-bond acceptors (Lipinski definition) is 11. The first-order valence-corrected chi connectivity index (χ1v) is 21.5. The molecule has 3 aliphatic rings. The fourth-order valence-corrected chi connectivity index (χ4v) is 9.26. The second-order valence-corrected chi connectivity index (χ2v) is 18.3. The van der Waals surface area contributed by atoms with Crippen LogP contribution in [0.3, 0.4) is 0 Å². The highest BCUT2D eigenvalue weighted by Gasteiger charge is 2.56. The average Bonchev–Trinajstić information content (AvgIpc) is 3.16. The Morgan fingerprint density at radius 1 is 0.821 bits per heavy atom. The summed E-state index contributed by atoms with van der Waals surface area (Å²) >= 11 is 0. The van der Waals surface area contributed by atoms with Gasteiger partial charge in [-0.3, -0.25) is 14.4 Å². The molecule has 3 rings (SSSR count). The monoisotopic (exact) mass is 793 g/mol. The molecule has 0 unspecified atom stereocenters. The minimum Gasteiger partial charge on any atom is -0.461 e. The highest BCUT2D eigenvalue weighted by Crippen LogP contribution is 2.49. The van der Waals surface area contributed by atoms with Gasteiger partial charge in [0, 0.05) is 42.4 Å². The fraction of sp³-hybridized carbons (Fsp3) is 0.844. The lowest BCUT2D eigenvalue weighted by molar-refractivity contribution is -0.371. The Labute approximate surface area is 336 Å². The number of carbonyl (C=O) groups excluding carboxylic acids is 3. The van der Waals surface area contributed by atoms with Gasteiger partial charge in [0.2, 0.25) is 0 Å². The third-order valence-corrected chi connectivity index (χ3v) is 13.7. The summed E-state index contributed by atoms with van der Waals surface area (Å²) in [6.07, 6.45) is 7.43. The quantitative estimate of drug-likeness (QED) is 0.208. The van der Waals surface area contributed by atoms with Crippen LogP contribution in [0.2, 0.25) is 0 Å². The van der Waals surface area contributed by atoms with Crippen molar-refractivity contribution >= 4 is 17.5 Å². The van der Waals surface area contributed by atoms with Crippen LogP contribution in [0.1, 0.15) is 134 Å². The number of Topliss-reactive ketones (excluding diaryl/α,β-unsaturated/α-hetero) is 2. The maximum Gasteiger partial charge on any atom is 0.306 e. The summed E-state index contributed by atoms with van der Waals surface area (Å²) in [7, 11) is 0. The Morgan fingerprint density at radius 2 is 1.46 bits per heavy atom. The smallest absolute Gasteiger partial charge is 0.306 e. The number of ketones is 2. The first-order chi connectivity index (χ1) is 26.1. The molecule has 0 amide bonds. The minimum absolute atomic E-state index is 0.0198. The molecule has 0 radical (unpaired) electrons. The molecule has 56 heavy (non-hydrogen) atoms. The molecule has 1 spiro atoms. The van der Waals surface area contributed by atoms with Gasteiger partial charge >= 0.3 is 5.97 Å². The van der Waals surface area contributed by atoms with E-state index in [1.807, 2.05) is 25.2 Å². The van der Waals surface area contributed by atoms with Crippen LogP contribution < -0.4 is 0 Å². The van der Waals surface area contributed by atoms with Crippen molar-refractivity contribution in [1.82, 2.24) is 0 Å². The lowest BCUT2D eigenvalue weighted by Crippen LogP contribution is -2.62. The number of esters is 1. The number of hydrogen-bond donors (Lipinski definition) is 5. The van der Waals surface area contributed by atoms with E-state index in [9.17, 15) is 39.9 Å². The van der Waals surface area contributed by atoms with Crippen LogP contribution in [0.15, 0.2) is 24.3 Å². The standard InChI is InChI=1S/C45H76O11/c1-12-34-17-15-13-14-16-27(4)42(51)44(11,53)43(52)32(9)40(50)31(8)39(49)30(7)38(48)26(3)18-21-37(47)54-41-29(6)35(20-19-34)55-45(33(41)10)23-22-25(2)36(56-45)24-28(5)46/h13-15,17,25-36,38,40-42,46,48,50-51,53H,12,16,18-24H2,1-11H3/b14-13+,17-15+/t25-,26-,27+,28+,29+,30-,31-,32-,33-,34-,35-,36-,38+,40+,41+,42-,44+,45-/m1/s1. The molecule has 11 heteroatoms. The zero-order chi connectivity index (χ0) is 42.3. The van der Waals surface area contributed by atoms with Crippen molar-refractivity contribution in [2.24, 2.45) is 53.3 Å². The van der Waals surface area contributed by atoms with Gasteiger partial charge in [0.1, 0.15) is 17.5 Å². The van der Waals surface area contributed by atoms with Gasteiger partial charge in [-0.05, 0) is 82.5 Å². The van der Waals surface area contributed by atoms with Gasteiger partial charge in [-0.2, -0.15) is 0 Å². The molecule has 0 aromatic carbocycles. The molecular weight excluding hydrogens is 716 g/mol. The summed E-state index contributed by atoms with van der Waals surface area (Å²) in [4.78, 5) is 40.7. The first-order valence-electron chi connectivity index (χ1n) is 21.5. The lowest BCUT2D eigenvalue weighted by Gasteiger charge is -2.55. The number of aliphatic hydroxyl groups is 5. The summed E-state index contributed by atoms with van der Waals surface area (Å²) in [6, 6.07) is 0. The van der Waals surface area contributed by atoms with E-state index in [1.165, 1.54) is 20.8 Å². The molecule has 3 aliphatic heterocycles. The second kappa shape index (κ2) is 20.8. The van der Waals surface area contributed by atoms with Gasteiger partial charge in [-0.25, -0.2) is 0 Å². The second-order valence-electron chi connectivity index (χ2n) is 18.3. The Bertz CT molecular complexity index is 1340. The van der Waals surface area contributed by atoms with Crippen molar-refractivity contribution in [2.75, 3.05) is 0 Å². The van der Waals surface area contributed by atoms with Crippen LogP contribution in [0, 0.1) is 53.3 Å². The number of allylic oxidation sites excluding steroid dienone is 4. The largest absolute Gasteiger partial charge is 0.461 e. The summed E-state index contributed by atoms with van der Waals surface area (Å²) < 4.78 is 20.1. The lowest BCUT2D eigenvalue weighted by atomic mass is 9.74. The molecule has 2 saturated heterocycles. The van der Waals surface area contributed by atoms with Crippen molar-refractivity contribution in [1.29, 1.82) is 0 Å². The number of aliphatic hydroxyl groups excluding tert-OH is 4. The maximum atomic E-state index is 13.6. The van der Waals surface area contributed by atoms with E-state index in [2.05, 4.69) is 26.8 Å². The SMILES string of the molecule is CC[C@@H]1/C=C/C=C/C[C@H](C)[C@@H](O)[C@](C)(O)C(=O)[C@H](C)[C@@H](O)[C@H](C)C(=O)[C@H](C)[C@@H](O)[C@H](C)CCC(=O)O[C@H]2[C@@H](C)[C@@H](CC1)O[C@@]1(CC[C@@H](C)[C@@H](C[C@H](C)O)O1)[C@@H]2C. The van der Waals surface area contributed by atoms with Crippen molar-refractivity contribution < 1.29 is 54.1 Å². The van der Waals surface area contributed by atoms with Crippen LogP contribution in [0.25, 0.3) is 0 Å². The molecule has 5 N–H and O–H groups in total. The van der Waals surface area contributed by atoms with E-state index in [0.29, 0.717) is 25.7 Å². The molecule has 3 heterocycles. The molecule has 322 valence electrons. The normalized spacial score (nSPS) is 46.5. The predicted octanol–water partition coefficient (Wildman–Crippen LogP) is 6.11. The van der Waals surface area contributed by atoms with Gasteiger partial charge in [-0.15, -0.1) is 0 Å². The number of ether oxygens (including phenoxy) is 3. The molecule has 11 nitrogen and oxygen atoms in total. The van der Waals surface area contributed by atoms with Gasteiger partial charge in [-0.1, -0.05) is 86.6 Å². The van der Waals surface area contributed by atoms with Gasteiger partial charge in [0.15, 0.2) is 11.6 Å². The van der Waals surface area contributed by atoms with Crippen molar-refractivity contribution in [2.45, 2.75) is 188 Å². The fourth-order valence-electron chi connectivity index (χ4n) is 9.26. The molecule has 2 bridgehead atoms. The molecule has 0 saturated carbocycles. The highest BCUT2D eigenvalue weighted by molar-refractivity contribution is 5.91. The van der Waals surface area contributed by atoms with Crippen molar-refractivity contribution in [3.05, 3.63) is 24.3 Å². The summed E-state index contributed by atoms with van der Waals surface area (Å²) in [6.45, 7) is 19.4. The maximum absolute atomic E-state index is 13.6. The molecule has 0 aromatic heterocycles. The predicted molar refractivity (Wildman–Crippen MR) is 215 cm³/mol. The molecular formula is C45H76O11. The van der Waals surface area contributed by atoms with Gasteiger partial charge in [0.25, 0.3) is 0 Å². The van der Waals surface area contributed by atoms with Crippen LogP contribution in [0.4, 0.5) is 0 Å². The van der Waals surface area contributed by atoms with Gasteiger partial charge < -0.3 is 39.7 Å². The van der Waals surface area contributed by atoms with E-state index in [4.69, 9.17) is 14.2 Å². The van der Waals surface area contributed by atoms with E-state index in [1.54, 1.807) is 27.7 Å². The molecule has 0 aliphatic carbocycles. The third kappa shape index (κ3) is 11.6. The zero-order valence-electron chi connectivity index (χ0n) is 36.1. The summed E-state index contributed by atoms with van der Waals surface area (Å²) in [5.74, 6) is -6.67.